The van der Waals surface area contributed by atoms with Gasteiger partial charge in [-0.15, -0.1) is 0 Å². The molecule has 3 fully saturated rings. The average molecular weight is 602 g/mol. The zero-order chi connectivity index (χ0) is 30.4. The van der Waals surface area contributed by atoms with Crippen LogP contribution in [-0.2, 0) is 24.1 Å². The number of halogens is 2. The number of morpholine rings is 1. The number of hydrogen-bond donors (Lipinski definition) is 0. The van der Waals surface area contributed by atoms with Crippen molar-refractivity contribution in [1.29, 1.82) is 0 Å². The molecule has 8 nitrogen and oxygen atoms in total. The predicted molar refractivity (Wildman–Crippen MR) is 165 cm³/mol. The van der Waals surface area contributed by atoms with E-state index >= 15 is 4.39 Å². The zero-order valence-corrected chi connectivity index (χ0v) is 25.8. The largest absolute Gasteiger partial charge is 0.372 e. The topological polar surface area (TPSA) is 72.2 Å². The van der Waals surface area contributed by atoms with E-state index in [9.17, 15) is 4.39 Å². The van der Waals surface area contributed by atoms with Gasteiger partial charge in [-0.3, -0.25) is 14.8 Å². The fourth-order valence-corrected chi connectivity index (χ4v) is 7.39. The standard InChI is InChI=1S/C34H41F2N7O/c1-21(2)43-22(3)40-34-30(35)12-24(13-32(34)43)29-14-25(37-17-31(29)36)4-7-33-38-15-23(16-39-33)18-41-10-8-26(9-11-41)42-19-27-5-6-28(20-42)44-27/h12-17,21,26-28H,4-11,18-20H2,1-3H3. The van der Waals surface area contributed by atoms with Gasteiger partial charge in [0.2, 0.25) is 0 Å². The van der Waals surface area contributed by atoms with Crippen LogP contribution in [0.5, 0.6) is 0 Å². The molecule has 0 amide bonds. The van der Waals surface area contributed by atoms with Crippen LogP contribution < -0.4 is 0 Å². The van der Waals surface area contributed by atoms with Gasteiger partial charge in [0, 0.05) is 67.4 Å². The summed E-state index contributed by atoms with van der Waals surface area (Å²) < 4.78 is 38.0. The summed E-state index contributed by atoms with van der Waals surface area (Å²) in [6.07, 6.45) is 12.0. The fraction of sp³-hybridized carbons (Fsp3) is 0.529. The van der Waals surface area contributed by atoms with Crippen molar-refractivity contribution in [3.05, 3.63) is 71.3 Å². The molecule has 2 bridgehead atoms. The molecule has 0 aliphatic carbocycles. The first-order chi connectivity index (χ1) is 21.3. The Bertz CT molecular complexity index is 1620. The van der Waals surface area contributed by atoms with Gasteiger partial charge in [-0.05, 0) is 89.7 Å². The number of fused-ring (bicyclic) bond motifs is 3. The van der Waals surface area contributed by atoms with Crippen LogP contribution in [0.3, 0.4) is 0 Å². The molecule has 3 aliphatic rings. The number of hydrogen-bond acceptors (Lipinski definition) is 7. The van der Waals surface area contributed by atoms with Crippen molar-refractivity contribution >= 4 is 11.0 Å². The summed E-state index contributed by atoms with van der Waals surface area (Å²) in [6.45, 7) is 11.2. The maximum atomic E-state index is 15.1. The molecule has 10 heteroatoms. The Balaban J connectivity index is 0.961. The van der Waals surface area contributed by atoms with Crippen molar-refractivity contribution in [3.8, 4) is 11.1 Å². The van der Waals surface area contributed by atoms with Crippen LogP contribution in [0.15, 0.2) is 36.8 Å². The van der Waals surface area contributed by atoms with Gasteiger partial charge in [0.15, 0.2) is 5.82 Å². The molecule has 44 heavy (non-hydrogen) atoms. The highest BCUT2D eigenvalue weighted by Gasteiger charge is 2.37. The Labute approximate surface area is 257 Å². The number of aromatic nitrogens is 5. The van der Waals surface area contributed by atoms with E-state index in [-0.39, 0.29) is 6.04 Å². The number of rotatable bonds is 8. The molecule has 0 radical (unpaired) electrons. The van der Waals surface area contributed by atoms with Gasteiger partial charge >= 0.3 is 0 Å². The summed E-state index contributed by atoms with van der Waals surface area (Å²) in [5.41, 5.74) is 3.59. The highest BCUT2D eigenvalue weighted by Crippen LogP contribution is 2.32. The molecular formula is C34H41F2N7O. The van der Waals surface area contributed by atoms with E-state index in [0.717, 1.165) is 49.9 Å². The zero-order valence-electron chi connectivity index (χ0n) is 25.8. The van der Waals surface area contributed by atoms with Crippen LogP contribution in [0.4, 0.5) is 8.78 Å². The van der Waals surface area contributed by atoms with Gasteiger partial charge in [-0.2, -0.15) is 0 Å². The Kier molecular flexibility index (Phi) is 8.16. The number of likely N-dealkylation sites (tertiary alicyclic amines) is 2. The van der Waals surface area contributed by atoms with Crippen LogP contribution in [-0.4, -0.2) is 78.7 Å². The molecule has 4 aromatic rings. The fourth-order valence-electron chi connectivity index (χ4n) is 7.39. The van der Waals surface area contributed by atoms with E-state index in [1.807, 2.05) is 43.8 Å². The molecule has 3 aliphatic heterocycles. The highest BCUT2D eigenvalue weighted by molar-refractivity contribution is 5.83. The van der Waals surface area contributed by atoms with Crippen LogP contribution in [0, 0.1) is 18.6 Å². The summed E-state index contributed by atoms with van der Waals surface area (Å²) in [5.74, 6) is 0.513. The lowest BCUT2D eigenvalue weighted by molar-refractivity contribution is -0.0608. The van der Waals surface area contributed by atoms with Crippen molar-refractivity contribution < 1.29 is 13.5 Å². The quantitative estimate of drug-likeness (QED) is 0.258. The lowest BCUT2D eigenvalue weighted by atomic mass is 10.0. The molecule has 1 aromatic carbocycles. The number of benzene rings is 1. The van der Waals surface area contributed by atoms with E-state index in [2.05, 4.69) is 29.7 Å². The molecular weight excluding hydrogens is 560 g/mol. The van der Waals surface area contributed by atoms with Crippen LogP contribution in [0.1, 0.15) is 68.5 Å². The Morgan fingerprint density at radius 3 is 2.32 bits per heavy atom. The van der Waals surface area contributed by atoms with Crippen molar-refractivity contribution in [2.24, 2.45) is 0 Å². The first-order valence-corrected chi connectivity index (χ1v) is 16.0. The Morgan fingerprint density at radius 2 is 1.61 bits per heavy atom. The molecule has 3 aromatic heterocycles. The highest BCUT2D eigenvalue weighted by atomic mass is 19.1. The molecule has 0 spiro atoms. The van der Waals surface area contributed by atoms with E-state index < -0.39 is 11.6 Å². The molecule has 2 unspecified atom stereocenters. The third-order valence-electron chi connectivity index (χ3n) is 9.58. The predicted octanol–water partition coefficient (Wildman–Crippen LogP) is 5.67. The van der Waals surface area contributed by atoms with Crippen molar-refractivity contribution in [1.82, 2.24) is 34.3 Å². The third kappa shape index (κ3) is 5.99. The number of piperidine rings is 1. The van der Waals surface area contributed by atoms with Crippen LogP contribution >= 0.6 is 0 Å². The van der Waals surface area contributed by atoms with Crippen LogP contribution in [0.25, 0.3) is 22.2 Å². The summed E-state index contributed by atoms with van der Waals surface area (Å²) in [4.78, 5) is 23.1. The third-order valence-corrected chi connectivity index (χ3v) is 9.58. The van der Waals surface area contributed by atoms with Crippen molar-refractivity contribution in [3.63, 3.8) is 0 Å². The van der Waals surface area contributed by atoms with E-state index in [4.69, 9.17) is 4.74 Å². The molecule has 0 saturated carbocycles. The minimum absolute atomic E-state index is 0.0986. The molecule has 7 rings (SSSR count). The summed E-state index contributed by atoms with van der Waals surface area (Å²) in [5, 5.41) is 0. The molecule has 232 valence electrons. The molecule has 6 heterocycles. The normalized spacial score (nSPS) is 21.6. The van der Waals surface area contributed by atoms with Crippen molar-refractivity contribution in [2.75, 3.05) is 26.2 Å². The second-order valence-corrected chi connectivity index (χ2v) is 13.0. The van der Waals surface area contributed by atoms with E-state index in [1.54, 1.807) is 6.07 Å². The lowest BCUT2D eigenvalue weighted by Gasteiger charge is -2.42. The molecule has 3 saturated heterocycles. The summed E-state index contributed by atoms with van der Waals surface area (Å²) in [6, 6.07) is 5.65. The van der Waals surface area contributed by atoms with Gasteiger partial charge in [0.25, 0.3) is 0 Å². The number of pyridine rings is 1. The molecule has 2 atom stereocenters. The van der Waals surface area contributed by atoms with E-state index in [1.165, 1.54) is 37.9 Å². The van der Waals surface area contributed by atoms with Gasteiger partial charge in [0.05, 0.1) is 23.9 Å². The molecule has 0 N–H and O–H groups in total. The monoisotopic (exact) mass is 601 g/mol. The SMILES string of the molecule is Cc1nc2c(F)cc(-c3cc(CCc4ncc(CN5CCC(N6CC7CCC(C6)O7)CC5)cn4)ncc3F)cc2n1C(C)C. The maximum absolute atomic E-state index is 15.1. The number of nitrogens with zero attached hydrogens (tertiary/aromatic N) is 7. The van der Waals surface area contributed by atoms with Gasteiger partial charge in [-0.25, -0.2) is 23.7 Å². The number of ether oxygens (including phenoxy) is 1. The first-order valence-electron chi connectivity index (χ1n) is 16.0. The van der Waals surface area contributed by atoms with Crippen LogP contribution in [0.2, 0.25) is 0 Å². The lowest BCUT2D eigenvalue weighted by Crippen LogP contribution is -2.51. The van der Waals surface area contributed by atoms with Gasteiger partial charge in [-0.1, -0.05) is 0 Å². The average Bonchev–Trinajstić information content (AvgIpc) is 3.54. The minimum atomic E-state index is -0.485. The number of aryl methyl sites for hydroxylation is 3. The minimum Gasteiger partial charge on any atom is -0.372 e. The maximum Gasteiger partial charge on any atom is 0.151 e. The van der Waals surface area contributed by atoms with Gasteiger partial charge < -0.3 is 9.30 Å². The smallest absolute Gasteiger partial charge is 0.151 e. The van der Waals surface area contributed by atoms with E-state index in [0.29, 0.717) is 58.9 Å². The van der Waals surface area contributed by atoms with Gasteiger partial charge in [0.1, 0.15) is 23.0 Å². The summed E-state index contributed by atoms with van der Waals surface area (Å²) >= 11 is 0. The Hall–Kier alpha value is -3.34. The second-order valence-electron chi connectivity index (χ2n) is 13.0. The summed E-state index contributed by atoms with van der Waals surface area (Å²) in [7, 11) is 0. The number of imidazole rings is 1. The second kappa shape index (κ2) is 12.2. The first kappa shape index (κ1) is 29.4. The Morgan fingerprint density at radius 1 is 0.886 bits per heavy atom. The van der Waals surface area contributed by atoms with Crippen molar-refractivity contribution in [2.45, 2.75) is 90.1 Å².